The van der Waals surface area contributed by atoms with Crippen molar-refractivity contribution in [3.63, 3.8) is 0 Å². The summed E-state index contributed by atoms with van der Waals surface area (Å²) in [5.74, 6) is -0.561. The van der Waals surface area contributed by atoms with E-state index in [0.29, 0.717) is 44.0 Å². The van der Waals surface area contributed by atoms with Crippen LogP contribution < -0.4 is 16.2 Å². The minimum atomic E-state index is -0.369. The van der Waals surface area contributed by atoms with Gasteiger partial charge in [0.2, 0.25) is 5.91 Å². The number of aryl methyl sites for hydroxylation is 2. The van der Waals surface area contributed by atoms with Gasteiger partial charge < -0.3 is 10.6 Å². The van der Waals surface area contributed by atoms with Crippen molar-refractivity contribution in [3.05, 3.63) is 55.9 Å². The first-order chi connectivity index (χ1) is 16.3. The molecule has 0 bridgehead atoms. The number of likely N-dealkylation sites (N-methyl/N-ethyl adjacent to an activating group) is 1. The van der Waals surface area contributed by atoms with E-state index in [1.54, 1.807) is 19.1 Å². The first kappa shape index (κ1) is 24.4. The van der Waals surface area contributed by atoms with E-state index in [-0.39, 0.29) is 23.9 Å². The fraction of sp³-hybridized carbons (Fsp3) is 0.417. The standard InChI is InChI=1S/C24H28ClN5O3S/c1-4-29-9-5-6-17(29)11-26-22(32)21-15(3)20-23(34-21)27-13-30(24(20)33)12-19(31)28-16-8-7-14(2)18(25)10-16/h7-8,10,13,17H,4-6,9,11-12H2,1-3H3,(H,26,32)(H,28,31). The van der Waals surface area contributed by atoms with Crippen LogP contribution in [0.2, 0.25) is 5.02 Å². The third-order valence-corrected chi connectivity index (χ3v) is 7.90. The molecule has 34 heavy (non-hydrogen) atoms. The van der Waals surface area contributed by atoms with E-state index in [9.17, 15) is 14.4 Å². The molecule has 0 radical (unpaired) electrons. The number of aromatic nitrogens is 2. The summed E-state index contributed by atoms with van der Waals surface area (Å²) in [5.41, 5.74) is 1.71. The Bertz CT molecular complexity index is 1300. The van der Waals surface area contributed by atoms with Crippen LogP contribution in [0.15, 0.2) is 29.3 Å². The van der Waals surface area contributed by atoms with Crippen LogP contribution in [0.3, 0.4) is 0 Å². The summed E-state index contributed by atoms with van der Waals surface area (Å²) in [6.07, 6.45) is 3.56. The number of halogens is 1. The quantitative estimate of drug-likeness (QED) is 0.516. The SMILES string of the molecule is CCN1CCCC1CNC(=O)c1sc2ncn(CC(=O)Nc3ccc(C)c(Cl)c3)c(=O)c2c1C. The molecule has 0 aliphatic carbocycles. The number of amides is 2. The normalized spacial score (nSPS) is 16.2. The van der Waals surface area contributed by atoms with Gasteiger partial charge in [0.25, 0.3) is 11.5 Å². The maximum Gasteiger partial charge on any atom is 0.262 e. The van der Waals surface area contributed by atoms with E-state index in [0.717, 1.165) is 31.5 Å². The minimum absolute atomic E-state index is 0.191. The highest BCUT2D eigenvalue weighted by molar-refractivity contribution is 7.20. The van der Waals surface area contributed by atoms with Crippen LogP contribution in [0.25, 0.3) is 10.2 Å². The molecule has 2 amide bonds. The lowest BCUT2D eigenvalue weighted by Gasteiger charge is -2.22. The van der Waals surface area contributed by atoms with Crippen LogP contribution in [0, 0.1) is 13.8 Å². The van der Waals surface area contributed by atoms with Gasteiger partial charge in [0.15, 0.2) is 0 Å². The van der Waals surface area contributed by atoms with Crippen molar-refractivity contribution in [2.75, 3.05) is 25.0 Å². The van der Waals surface area contributed by atoms with Crippen LogP contribution in [-0.4, -0.2) is 51.9 Å². The number of carbonyl (C=O) groups is 2. The molecule has 0 spiro atoms. The Kier molecular flexibility index (Phi) is 7.35. The summed E-state index contributed by atoms with van der Waals surface area (Å²) >= 11 is 7.32. The summed E-state index contributed by atoms with van der Waals surface area (Å²) in [4.78, 5) is 46.2. The Labute approximate surface area is 206 Å². The van der Waals surface area contributed by atoms with Crippen molar-refractivity contribution in [2.24, 2.45) is 0 Å². The molecule has 1 atom stereocenters. The number of likely N-dealkylation sites (tertiary alicyclic amines) is 1. The molecule has 0 saturated carbocycles. The minimum Gasteiger partial charge on any atom is -0.350 e. The number of hydrogen-bond donors (Lipinski definition) is 2. The Hall–Kier alpha value is -2.75. The summed E-state index contributed by atoms with van der Waals surface area (Å²) in [6, 6.07) is 5.58. The van der Waals surface area contributed by atoms with Crippen LogP contribution in [0.5, 0.6) is 0 Å². The van der Waals surface area contributed by atoms with E-state index in [4.69, 9.17) is 11.6 Å². The molecular formula is C24H28ClN5O3S. The lowest BCUT2D eigenvalue weighted by molar-refractivity contribution is -0.116. The summed E-state index contributed by atoms with van der Waals surface area (Å²) < 4.78 is 1.26. The van der Waals surface area contributed by atoms with Crippen molar-refractivity contribution in [1.29, 1.82) is 0 Å². The molecule has 1 unspecified atom stereocenters. The molecule has 3 aromatic rings. The number of nitrogens with zero attached hydrogens (tertiary/aromatic N) is 3. The molecule has 1 fully saturated rings. The molecule has 1 saturated heterocycles. The number of hydrogen-bond acceptors (Lipinski definition) is 6. The highest BCUT2D eigenvalue weighted by Gasteiger charge is 2.25. The second-order valence-electron chi connectivity index (χ2n) is 8.56. The highest BCUT2D eigenvalue weighted by atomic mass is 35.5. The van der Waals surface area contributed by atoms with Crippen molar-refractivity contribution in [1.82, 2.24) is 19.8 Å². The Morgan fingerprint density at radius 1 is 1.29 bits per heavy atom. The number of benzene rings is 1. The van der Waals surface area contributed by atoms with Crippen LogP contribution in [-0.2, 0) is 11.3 Å². The second kappa shape index (κ2) is 10.2. The molecule has 3 heterocycles. The first-order valence-electron chi connectivity index (χ1n) is 11.3. The van der Waals surface area contributed by atoms with Gasteiger partial charge >= 0.3 is 0 Å². The summed E-state index contributed by atoms with van der Waals surface area (Å²) in [6.45, 7) is 8.18. The number of rotatable bonds is 7. The molecule has 1 aliphatic rings. The number of nitrogens with one attached hydrogen (secondary N) is 2. The molecule has 2 aromatic heterocycles. The number of thiophene rings is 1. The molecule has 8 nitrogen and oxygen atoms in total. The molecule has 4 rings (SSSR count). The van der Waals surface area contributed by atoms with Crippen LogP contribution in [0.4, 0.5) is 5.69 Å². The molecule has 180 valence electrons. The lowest BCUT2D eigenvalue weighted by Crippen LogP contribution is -2.40. The summed E-state index contributed by atoms with van der Waals surface area (Å²) in [5, 5.41) is 6.70. The molecule has 10 heteroatoms. The van der Waals surface area contributed by atoms with E-state index >= 15 is 0 Å². The van der Waals surface area contributed by atoms with Gasteiger partial charge in [-0.25, -0.2) is 4.98 Å². The van der Waals surface area contributed by atoms with Crippen LogP contribution in [0.1, 0.15) is 40.6 Å². The third-order valence-electron chi connectivity index (χ3n) is 6.30. The average Bonchev–Trinajstić information content (AvgIpc) is 3.40. The number of anilines is 1. The molecule has 2 N–H and O–H groups in total. The van der Waals surface area contributed by atoms with E-state index in [1.807, 2.05) is 13.0 Å². The van der Waals surface area contributed by atoms with Crippen LogP contribution >= 0.6 is 22.9 Å². The predicted molar refractivity (Wildman–Crippen MR) is 136 cm³/mol. The summed E-state index contributed by atoms with van der Waals surface area (Å²) in [7, 11) is 0. The van der Waals surface area contributed by atoms with Gasteiger partial charge in [0, 0.05) is 23.3 Å². The van der Waals surface area contributed by atoms with Crippen molar-refractivity contribution in [2.45, 2.75) is 46.2 Å². The van der Waals surface area contributed by atoms with Gasteiger partial charge in [0.1, 0.15) is 11.4 Å². The van der Waals surface area contributed by atoms with E-state index in [2.05, 4.69) is 27.4 Å². The monoisotopic (exact) mass is 501 g/mol. The lowest BCUT2D eigenvalue weighted by atomic mass is 10.2. The van der Waals surface area contributed by atoms with Gasteiger partial charge in [0.05, 0.1) is 16.6 Å². The second-order valence-corrected chi connectivity index (χ2v) is 9.97. The van der Waals surface area contributed by atoms with Crippen molar-refractivity contribution < 1.29 is 9.59 Å². The molecular weight excluding hydrogens is 474 g/mol. The van der Waals surface area contributed by atoms with E-state index in [1.165, 1.54) is 22.2 Å². The van der Waals surface area contributed by atoms with Gasteiger partial charge in [-0.05, 0) is 63.0 Å². The molecule has 1 aliphatic heterocycles. The Morgan fingerprint density at radius 3 is 2.82 bits per heavy atom. The Balaban J connectivity index is 1.49. The van der Waals surface area contributed by atoms with E-state index < -0.39 is 0 Å². The van der Waals surface area contributed by atoms with Gasteiger partial charge in [-0.3, -0.25) is 23.9 Å². The Morgan fingerprint density at radius 2 is 2.09 bits per heavy atom. The zero-order valence-corrected chi connectivity index (χ0v) is 21.1. The largest absolute Gasteiger partial charge is 0.350 e. The number of carbonyl (C=O) groups excluding carboxylic acids is 2. The first-order valence-corrected chi connectivity index (χ1v) is 12.5. The van der Waals surface area contributed by atoms with Crippen molar-refractivity contribution in [3.8, 4) is 0 Å². The van der Waals surface area contributed by atoms with Crippen molar-refractivity contribution >= 4 is 50.7 Å². The highest BCUT2D eigenvalue weighted by Crippen LogP contribution is 2.27. The predicted octanol–water partition coefficient (Wildman–Crippen LogP) is 3.58. The molecule has 1 aromatic carbocycles. The topological polar surface area (TPSA) is 96.3 Å². The fourth-order valence-corrected chi connectivity index (χ4v) is 5.58. The average molecular weight is 502 g/mol. The zero-order valence-electron chi connectivity index (χ0n) is 19.5. The van der Waals surface area contributed by atoms with Gasteiger partial charge in [-0.15, -0.1) is 11.3 Å². The van der Waals surface area contributed by atoms with Gasteiger partial charge in [-0.2, -0.15) is 0 Å². The smallest absolute Gasteiger partial charge is 0.262 e. The third kappa shape index (κ3) is 5.01. The zero-order chi connectivity index (χ0) is 24.4. The fourth-order valence-electron chi connectivity index (χ4n) is 4.35. The number of fused-ring (bicyclic) bond motifs is 1. The maximum absolute atomic E-state index is 13.1. The van der Waals surface area contributed by atoms with Gasteiger partial charge in [-0.1, -0.05) is 24.6 Å². The maximum atomic E-state index is 13.1.